The maximum absolute atomic E-state index is 13.5. The van der Waals surface area contributed by atoms with E-state index in [4.69, 9.17) is 11.6 Å². The summed E-state index contributed by atoms with van der Waals surface area (Å²) in [6.45, 7) is 1.01. The first-order valence-electron chi connectivity index (χ1n) is 12.1. The first-order chi connectivity index (χ1) is 18.4. The highest BCUT2D eigenvalue weighted by molar-refractivity contribution is 6.30. The molecule has 1 N–H and O–H groups in total. The molecular formula is C28H23ClF2N6O. The number of hydrogen-bond donors (Lipinski definition) is 1. The van der Waals surface area contributed by atoms with Gasteiger partial charge in [-0.2, -0.15) is 5.26 Å². The number of likely N-dealkylation sites (tertiary alicyclic amines) is 1. The largest absolute Gasteiger partial charge is 0.381 e. The smallest absolute Gasteiger partial charge is 0.244 e. The summed E-state index contributed by atoms with van der Waals surface area (Å²) in [6, 6.07) is 18.9. The van der Waals surface area contributed by atoms with Gasteiger partial charge in [0.2, 0.25) is 5.91 Å². The third kappa shape index (κ3) is 5.66. The van der Waals surface area contributed by atoms with Crippen LogP contribution in [-0.2, 0) is 11.3 Å². The number of carbonyl (C=O) groups is 1. The number of rotatable bonds is 6. The molecule has 0 saturated carbocycles. The lowest BCUT2D eigenvalue weighted by molar-refractivity contribution is -0.132. The Kier molecular flexibility index (Phi) is 7.33. The molecule has 1 aromatic heterocycles. The Labute approximate surface area is 223 Å². The topological polar surface area (TPSA) is 86.8 Å². The first-order valence-corrected chi connectivity index (χ1v) is 12.5. The molecule has 0 radical (unpaired) electrons. The number of carbonyl (C=O) groups excluding carboxylic acids is 1. The second kappa shape index (κ2) is 11.0. The molecule has 1 amide bonds. The SMILES string of the molecule is N#Cc1ccc(Cl)cc1NC1CCN(C(=O)Cn2nc(-c3ccc(F)cc3)nc2-c2ccc(F)cc2)CC1. The van der Waals surface area contributed by atoms with Gasteiger partial charge in [0, 0.05) is 35.3 Å². The van der Waals surface area contributed by atoms with Gasteiger partial charge in [0.05, 0.1) is 11.3 Å². The normalized spacial score (nSPS) is 13.8. The Morgan fingerprint density at radius 3 is 2.26 bits per heavy atom. The maximum atomic E-state index is 13.5. The van der Waals surface area contributed by atoms with Crippen LogP contribution in [0.1, 0.15) is 18.4 Å². The summed E-state index contributed by atoms with van der Waals surface area (Å²) in [4.78, 5) is 19.6. The van der Waals surface area contributed by atoms with Crippen molar-refractivity contribution in [1.82, 2.24) is 19.7 Å². The van der Waals surface area contributed by atoms with Crippen molar-refractivity contribution in [3.63, 3.8) is 0 Å². The van der Waals surface area contributed by atoms with E-state index >= 15 is 0 Å². The lowest BCUT2D eigenvalue weighted by atomic mass is 10.0. The van der Waals surface area contributed by atoms with Crippen LogP contribution in [0, 0.1) is 23.0 Å². The van der Waals surface area contributed by atoms with Gasteiger partial charge >= 0.3 is 0 Å². The predicted octanol–water partition coefficient (Wildman–Crippen LogP) is 5.52. The molecule has 0 unspecified atom stereocenters. The number of aromatic nitrogens is 3. The maximum Gasteiger partial charge on any atom is 0.244 e. The van der Waals surface area contributed by atoms with E-state index in [-0.39, 0.29) is 30.1 Å². The van der Waals surface area contributed by atoms with Crippen LogP contribution in [0.15, 0.2) is 66.7 Å². The van der Waals surface area contributed by atoms with Gasteiger partial charge in [-0.25, -0.2) is 18.4 Å². The highest BCUT2D eigenvalue weighted by Gasteiger charge is 2.25. The fraction of sp³-hybridized carbons (Fsp3) is 0.214. The summed E-state index contributed by atoms with van der Waals surface area (Å²) in [5.74, 6) is -0.123. The minimum absolute atomic E-state index is 0.0497. The highest BCUT2D eigenvalue weighted by atomic mass is 35.5. The van der Waals surface area contributed by atoms with Crippen LogP contribution in [0.4, 0.5) is 14.5 Å². The number of nitriles is 1. The van der Waals surface area contributed by atoms with E-state index in [1.807, 2.05) is 0 Å². The van der Waals surface area contributed by atoms with E-state index in [0.717, 1.165) is 0 Å². The van der Waals surface area contributed by atoms with Gasteiger partial charge in [-0.15, -0.1) is 5.10 Å². The molecule has 0 bridgehead atoms. The molecule has 0 spiro atoms. The number of anilines is 1. The summed E-state index contributed by atoms with van der Waals surface area (Å²) < 4.78 is 28.4. The van der Waals surface area contributed by atoms with Gasteiger partial charge in [0.1, 0.15) is 24.2 Å². The molecule has 2 heterocycles. The van der Waals surface area contributed by atoms with Crippen molar-refractivity contribution in [2.75, 3.05) is 18.4 Å². The Bertz CT molecular complexity index is 1490. The van der Waals surface area contributed by atoms with Gasteiger partial charge in [-0.3, -0.25) is 4.79 Å². The highest BCUT2D eigenvalue weighted by Crippen LogP contribution is 2.26. The molecule has 1 fully saturated rings. The fourth-order valence-corrected chi connectivity index (χ4v) is 4.61. The number of halogens is 3. The molecule has 192 valence electrons. The van der Waals surface area contributed by atoms with E-state index < -0.39 is 0 Å². The van der Waals surface area contributed by atoms with E-state index in [9.17, 15) is 18.8 Å². The monoisotopic (exact) mass is 532 g/mol. The molecule has 1 saturated heterocycles. The number of amides is 1. The molecule has 0 aliphatic carbocycles. The molecule has 5 rings (SSSR count). The average Bonchev–Trinajstić information content (AvgIpc) is 3.33. The van der Waals surface area contributed by atoms with Gasteiger partial charge in [-0.1, -0.05) is 11.6 Å². The Morgan fingerprint density at radius 2 is 1.63 bits per heavy atom. The molecule has 0 atom stereocenters. The van der Waals surface area contributed by atoms with Crippen molar-refractivity contribution in [3.8, 4) is 28.8 Å². The molecule has 1 aliphatic rings. The van der Waals surface area contributed by atoms with Crippen molar-refractivity contribution in [1.29, 1.82) is 5.26 Å². The summed E-state index contributed by atoms with van der Waals surface area (Å²) in [6.07, 6.45) is 1.40. The Hall–Kier alpha value is -4.29. The average molecular weight is 533 g/mol. The lowest BCUT2D eigenvalue weighted by Crippen LogP contribution is -2.43. The minimum Gasteiger partial charge on any atom is -0.381 e. The van der Waals surface area contributed by atoms with Crippen molar-refractivity contribution in [2.24, 2.45) is 0 Å². The summed E-state index contributed by atoms with van der Waals surface area (Å²) in [5, 5.41) is 17.8. The Balaban J connectivity index is 1.30. The van der Waals surface area contributed by atoms with Crippen molar-refractivity contribution in [3.05, 3.63) is 89.0 Å². The van der Waals surface area contributed by atoms with Gasteiger partial charge in [0.25, 0.3) is 0 Å². The number of nitrogens with one attached hydrogen (secondary N) is 1. The number of nitrogens with zero attached hydrogens (tertiary/aromatic N) is 5. The van der Waals surface area contributed by atoms with Crippen molar-refractivity contribution < 1.29 is 13.6 Å². The third-order valence-electron chi connectivity index (χ3n) is 6.47. The van der Waals surface area contributed by atoms with Crippen LogP contribution in [0.3, 0.4) is 0 Å². The number of benzene rings is 3. The first kappa shape index (κ1) is 25.4. The Morgan fingerprint density at radius 1 is 1.00 bits per heavy atom. The molecule has 1 aliphatic heterocycles. The number of hydrogen-bond acceptors (Lipinski definition) is 5. The third-order valence-corrected chi connectivity index (χ3v) is 6.71. The summed E-state index contributed by atoms with van der Waals surface area (Å²) >= 11 is 6.09. The second-order valence-electron chi connectivity index (χ2n) is 9.03. The molecule has 3 aromatic carbocycles. The van der Waals surface area contributed by atoms with E-state index in [0.29, 0.717) is 65.0 Å². The van der Waals surface area contributed by atoms with Crippen molar-refractivity contribution in [2.45, 2.75) is 25.4 Å². The van der Waals surface area contributed by atoms with Crippen LogP contribution in [0.2, 0.25) is 5.02 Å². The zero-order chi connectivity index (χ0) is 26.6. The molecular weight excluding hydrogens is 510 g/mol. The van der Waals surface area contributed by atoms with Crippen LogP contribution in [0.25, 0.3) is 22.8 Å². The summed E-state index contributed by atoms with van der Waals surface area (Å²) in [5.41, 5.74) is 2.41. The molecule has 4 aromatic rings. The predicted molar refractivity (Wildman–Crippen MR) is 140 cm³/mol. The van der Waals surface area contributed by atoms with Gasteiger partial charge < -0.3 is 10.2 Å². The summed E-state index contributed by atoms with van der Waals surface area (Å²) in [7, 11) is 0. The second-order valence-corrected chi connectivity index (χ2v) is 9.47. The molecule has 7 nitrogen and oxygen atoms in total. The molecule has 38 heavy (non-hydrogen) atoms. The van der Waals surface area contributed by atoms with Crippen LogP contribution in [-0.4, -0.2) is 44.7 Å². The zero-order valence-corrected chi connectivity index (χ0v) is 21.0. The standard InChI is InChI=1S/C28H23ClF2N6O/c29-21-6-1-20(16-32)25(15-21)33-24-11-13-36(14-12-24)26(38)17-37-28(19-4-9-23(31)10-5-19)34-27(35-37)18-2-7-22(30)8-3-18/h1-10,15,24,33H,11-14,17H2. The molecule has 10 heteroatoms. The van der Waals surface area contributed by atoms with E-state index in [1.54, 1.807) is 47.4 Å². The van der Waals surface area contributed by atoms with E-state index in [1.165, 1.54) is 28.9 Å². The number of piperidine rings is 1. The van der Waals surface area contributed by atoms with Crippen LogP contribution >= 0.6 is 11.6 Å². The zero-order valence-electron chi connectivity index (χ0n) is 20.2. The van der Waals surface area contributed by atoms with Crippen molar-refractivity contribution >= 4 is 23.2 Å². The van der Waals surface area contributed by atoms with Crippen LogP contribution in [0.5, 0.6) is 0 Å². The lowest BCUT2D eigenvalue weighted by Gasteiger charge is -2.33. The van der Waals surface area contributed by atoms with Gasteiger partial charge in [0.15, 0.2) is 11.6 Å². The van der Waals surface area contributed by atoms with Crippen LogP contribution < -0.4 is 5.32 Å². The van der Waals surface area contributed by atoms with Gasteiger partial charge in [-0.05, 0) is 79.6 Å². The minimum atomic E-state index is -0.384. The fourth-order valence-electron chi connectivity index (χ4n) is 4.44. The quantitative estimate of drug-likeness (QED) is 0.353. The van der Waals surface area contributed by atoms with E-state index in [2.05, 4.69) is 21.5 Å².